The van der Waals surface area contributed by atoms with E-state index in [0.29, 0.717) is 0 Å². The Labute approximate surface area is 217 Å². The minimum absolute atomic E-state index is 0.695. The zero-order chi connectivity index (χ0) is 29.1. The van der Waals surface area contributed by atoms with Gasteiger partial charge in [0.1, 0.15) is 11.7 Å². The predicted molar refractivity (Wildman–Crippen MR) is 127 cm³/mol. The SMILES string of the molecule is CC(C)(C)C(=O)OCOP(=O)(OCOC(=O)C(C)(C)C)OC[C@@]1(C)O[C@@H](n2ccc(=O)[nH]c2=O)[C@H](F)[C@@H]1O. The van der Waals surface area contributed by atoms with Crippen molar-refractivity contribution in [2.24, 2.45) is 10.8 Å². The molecule has 1 aromatic heterocycles. The molecule has 2 rings (SSSR count). The molecule has 0 bridgehead atoms. The molecule has 38 heavy (non-hydrogen) atoms. The molecule has 0 aromatic carbocycles. The topological polar surface area (TPSA) is 182 Å². The molecule has 0 saturated carbocycles. The van der Waals surface area contributed by atoms with Gasteiger partial charge in [-0.05, 0) is 48.5 Å². The molecule has 216 valence electrons. The van der Waals surface area contributed by atoms with Crippen molar-refractivity contribution < 1.29 is 51.4 Å². The molecule has 1 aliphatic rings. The van der Waals surface area contributed by atoms with Crippen LogP contribution in [-0.2, 0) is 41.9 Å². The molecule has 1 aliphatic heterocycles. The van der Waals surface area contributed by atoms with Gasteiger partial charge in [-0.15, -0.1) is 0 Å². The van der Waals surface area contributed by atoms with Gasteiger partial charge < -0.3 is 19.3 Å². The molecule has 1 fully saturated rings. The van der Waals surface area contributed by atoms with Gasteiger partial charge >= 0.3 is 25.5 Å². The van der Waals surface area contributed by atoms with E-state index >= 15 is 0 Å². The lowest BCUT2D eigenvalue weighted by molar-refractivity contribution is -0.164. The number of aromatic nitrogens is 2. The summed E-state index contributed by atoms with van der Waals surface area (Å²) in [7, 11) is -4.67. The van der Waals surface area contributed by atoms with Gasteiger partial charge in [-0.3, -0.25) is 28.5 Å². The first-order valence-corrected chi connectivity index (χ1v) is 12.9. The normalized spacial score (nSPS) is 24.3. The highest BCUT2D eigenvalue weighted by Crippen LogP contribution is 2.51. The van der Waals surface area contributed by atoms with Crippen LogP contribution in [0.3, 0.4) is 0 Å². The Bertz CT molecular complexity index is 1130. The number of phosphoric acid groups is 1. The molecular formula is C22H34FN2O12P. The molecule has 0 amide bonds. The summed E-state index contributed by atoms with van der Waals surface area (Å²) in [6.07, 6.45) is -4.72. The van der Waals surface area contributed by atoms with Crippen LogP contribution in [0.1, 0.15) is 54.7 Å². The molecule has 1 aromatic rings. The molecule has 1 saturated heterocycles. The van der Waals surface area contributed by atoms with Gasteiger partial charge in [-0.25, -0.2) is 22.8 Å². The predicted octanol–water partition coefficient (Wildman–Crippen LogP) is 1.77. The molecule has 0 unspecified atom stereocenters. The molecule has 0 spiro atoms. The number of rotatable bonds is 10. The number of halogens is 1. The fourth-order valence-electron chi connectivity index (χ4n) is 2.90. The number of hydrogen-bond donors (Lipinski definition) is 2. The van der Waals surface area contributed by atoms with E-state index in [4.69, 9.17) is 27.8 Å². The maximum atomic E-state index is 14.9. The van der Waals surface area contributed by atoms with Crippen molar-refractivity contribution in [2.45, 2.75) is 72.6 Å². The summed E-state index contributed by atoms with van der Waals surface area (Å²) in [6, 6.07) is 0.962. The zero-order valence-electron chi connectivity index (χ0n) is 22.2. The van der Waals surface area contributed by atoms with Crippen LogP contribution in [-0.4, -0.2) is 64.7 Å². The fraction of sp³-hybridized carbons (Fsp3) is 0.727. The summed E-state index contributed by atoms with van der Waals surface area (Å²) in [4.78, 5) is 49.3. The standard InChI is InChI=1S/C22H34FN2O12P/c1-20(2,3)17(28)32-11-35-38(31,36-12-33-18(29)21(4,5)6)34-10-22(7)15(27)14(23)16(37-22)25-9-8-13(26)24-19(25)30/h8-9,14-16,27H,10-12H2,1-7H3,(H,24,26,30)/t14-,15+,16-,22-/m1/s1. The van der Waals surface area contributed by atoms with Crippen molar-refractivity contribution in [3.63, 3.8) is 0 Å². The third-order valence-electron chi connectivity index (χ3n) is 5.25. The number of H-pyrrole nitrogens is 1. The Morgan fingerprint density at radius 3 is 2.03 bits per heavy atom. The molecule has 16 heteroatoms. The number of esters is 2. The summed E-state index contributed by atoms with van der Waals surface area (Å²) >= 11 is 0. The molecule has 2 N–H and O–H groups in total. The minimum Gasteiger partial charge on any atom is -0.437 e. The quantitative estimate of drug-likeness (QED) is 0.237. The van der Waals surface area contributed by atoms with E-state index in [1.807, 2.05) is 4.98 Å². The van der Waals surface area contributed by atoms with Crippen molar-refractivity contribution in [3.8, 4) is 0 Å². The molecule has 4 atom stereocenters. The van der Waals surface area contributed by atoms with Crippen LogP contribution in [0.2, 0.25) is 0 Å². The maximum absolute atomic E-state index is 14.9. The second kappa shape index (κ2) is 11.8. The first kappa shape index (κ1) is 31.8. The number of nitrogens with one attached hydrogen (secondary N) is 1. The summed E-state index contributed by atoms with van der Waals surface area (Å²) < 4.78 is 59.5. The molecule has 0 radical (unpaired) electrons. The highest BCUT2D eigenvalue weighted by molar-refractivity contribution is 7.48. The van der Waals surface area contributed by atoms with Crippen LogP contribution in [0.5, 0.6) is 0 Å². The van der Waals surface area contributed by atoms with Gasteiger partial charge in [0.25, 0.3) is 5.56 Å². The van der Waals surface area contributed by atoms with E-state index in [9.17, 15) is 33.2 Å². The average molecular weight is 568 g/mol. The smallest absolute Gasteiger partial charge is 0.437 e. The van der Waals surface area contributed by atoms with Crippen LogP contribution >= 0.6 is 7.82 Å². The Kier molecular flexibility index (Phi) is 9.84. The maximum Gasteiger partial charge on any atom is 0.480 e. The summed E-state index contributed by atoms with van der Waals surface area (Å²) in [5.41, 5.74) is -5.41. The van der Waals surface area contributed by atoms with E-state index in [2.05, 4.69) is 0 Å². The fourth-order valence-corrected chi connectivity index (χ4v) is 3.90. The Balaban J connectivity index is 2.16. The number of aliphatic hydroxyl groups is 1. The van der Waals surface area contributed by atoms with Gasteiger partial charge in [-0.2, -0.15) is 0 Å². The van der Waals surface area contributed by atoms with Crippen molar-refractivity contribution in [1.29, 1.82) is 0 Å². The summed E-state index contributed by atoms with van der Waals surface area (Å²) in [5.74, 6) is -1.39. The Morgan fingerprint density at radius 1 is 1.08 bits per heavy atom. The van der Waals surface area contributed by atoms with E-state index < -0.39 is 86.1 Å². The first-order valence-electron chi connectivity index (χ1n) is 11.5. The third-order valence-corrected chi connectivity index (χ3v) is 6.54. The number of aliphatic hydroxyl groups excluding tert-OH is 1. The number of hydrogen-bond acceptors (Lipinski definition) is 12. The largest absolute Gasteiger partial charge is 0.480 e. The van der Waals surface area contributed by atoms with Crippen LogP contribution in [0.15, 0.2) is 21.9 Å². The highest BCUT2D eigenvalue weighted by atomic mass is 31.2. The number of carbonyl (C=O) groups is 2. The second-order valence-corrected chi connectivity index (χ2v) is 12.5. The second-order valence-electron chi connectivity index (χ2n) is 10.8. The summed E-state index contributed by atoms with van der Waals surface area (Å²) in [6.45, 7) is 8.11. The van der Waals surface area contributed by atoms with Crippen molar-refractivity contribution >= 4 is 19.8 Å². The van der Waals surface area contributed by atoms with Crippen molar-refractivity contribution in [3.05, 3.63) is 33.1 Å². The third kappa shape index (κ3) is 8.04. The van der Waals surface area contributed by atoms with Gasteiger partial charge in [-0.1, -0.05) is 0 Å². The van der Waals surface area contributed by atoms with E-state index in [1.165, 1.54) is 6.92 Å². The lowest BCUT2D eigenvalue weighted by Gasteiger charge is -2.29. The van der Waals surface area contributed by atoms with Crippen LogP contribution in [0.4, 0.5) is 4.39 Å². The number of nitrogens with zero attached hydrogens (tertiary/aromatic N) is 1. The number of alkyl halides is 1. The zero-order valence-corrected chi connectivity index (χ0v) is 23.1. The number of phosphoric ester groups is 1. The Hall–Kier alpha value is -2.42. The van der Waals surface area contributed by atoms with Crippen LogP contribution in [0.25, 0.3) is 0 Å². The van der Waals surface area contributed by atoms with E-state index in [1.54, 1.807) is 41.5 Å². The number of ether oxygens (including phenoxy) is 3. The highest BCUT2D eigenvalue weighted by Gasteiger charge is 2.54. The molecule has 14 nitrogen and oxygen atoms in total. The summed E-state index contributed by atoms with van der Waals surface area (Å²) in [5, 5.41) is 10.5. The minimum atomic E-state index is -4.67. The number of aromatic amines is 1. The van der Waals surface area contributed by atoms with Gasteiger partial charge in [0.15, 0.2) is 12.4 Å². The Morgan fingerprint density at radius 2 is 1.58 bits per heavy atom. The van der Waals surface area contributed by atoms with Crippen molar-refractivity contribution in [1.82, 2.24) is 9.55 Å². The molecular weight excluding hydrogens is 534 g/mol. The average Bonchev–Trinajstić information content (AvgIpc) is 3.01. The van der Waals surface area contributed by atoms with E-state index in [0.717, 1.165) is 16.8 Å². The monoisotopic (exact) mass is 568 g/mol. The first-order chi connectivity index (χ1) is 17.3. The molecule has 0 aliphatic carbocycles. The lowest BCUT2D eigenvalue weighted by Crippen LogP contribution is -2.43. The van der Waals surface area contributed by atoms with Crippen molar-refractivity contribution in [2.75, 3.05) is 20.2 Å². The van der Waals surface area contributed by atoms with Crippen LogP contribution in [0, 0.1) is 10.8 Å². The molecule has 2 heterocycles. The number of carbonyl (C=O) groups excluding carboxylic acids is 2. The van der Waals surface area contributed by atoms with Crippen LogP contribution < -0.4 is 11.2 Å². The van der Waals surface area contributed by atoms with E-state index in [-0.39, 0.29) is 0 Å². The lowest BCUT2D eigenvalue weighted by atomic mass is 9.98. The van der Waals surface area contributed by atoms with Gasteiger partial charge in [0.05, 0.1) is 17.4 Å². The van der Waals surface area contributed by atoms with Gasteiger partial charge in [0.2, 0.25) is 13.6 Å². The van der Waals surface area contributed by atoms with Gasteiger partial charge in [0, 0.05) is 12.3 Å².